The lowest BCUT2D eigenvalue weighted by Crippen LogP contribution is -2.43. The molecule has 0 fully saturated rings. The number of rotatable bonds is 6. The summed E-state index contributed by atoms with van der Waals surface area (Å²) in [5.41, 5.74) is 9.86. The monoisotopic (exact) mass is 391 g/mol. The van der Waals surface area contributed by atoms with Crippen LogP contribution in [-0.2, 0) is 11.3 Å². The molecule has 3 amide bonds. The van der Waals surface area contributed by atoms with Gasteiger partial charge in [-0.25, -0.2) is 9.48 Å². The molecule has 1 unspecified atom stereocenters. The highest BCUT2D eigenvalue weighted by molar-refractivity contribution is 5.96. The maximum Gasteiger partial charge on any atom is 0.318 e. The van der Waals surface area contributed by atoms with Crippen molar-refractivity contribution in [2.45, 2.75) is 26.4 Å². The van der Waals surface area contributed by atoms with Crippen LogP contribution in [0, 0.1) is 13.8 Å². The largest absolute Gasteiger partial charge is 0.351 e. The van der Waals surface area contributed by atoms with Gasteiger partial charge < -0.3 is 5.73 Å². The van der Waals surface area contributed by atoms with Gasteiger partial charge in [-0.2, -0.15) is 5.10 Å². The summed E-state index contributed by atoms with van der Waals surface area (Å²) < 4.78 is 1.90. The predicted molar refractivity (Wildman–Crippen MR) is 111 cm³/mol. The Hall–Kier alpha value is -3.45. The number of amides is 3. The number of likely N-dealkylation sites (N-methyl/N-ethyl adjacent to an activating group) is 1. The zero-order valence-electron chi connectivity index (χ0n) is 16.8. The fraction of sp³-hybridized carbons (Fsp3) is 0.227. The van der Waals surface area contributed by atoms with E-state index in [9.17, 15) is 9.59 Å². The number of carbonyl (C=O) groups is 2. The molecule has 0 bridgehead atoms. The molecule has 29 heavy (non-hydrogen) atoms. The molecule has 7 heteroatoms. The van der Waals surface area contributed by atoms with Crippen molar-refractivity contribution >= 4 is 11.9 Å². The normalized spacial score (nSPS) is 12.0. The Morgan fingerprint density at radius 3 is 2.24 bits per heavy atom. The quantitative estimate of drug-likeness (QED) is 0.676. The van der Waals surface area contributed by atoms with Crippen LogP contribution in [0.3, 0.4) is 0 Å². The predicted octanol–water partition coefficient (Wildman–Crippen LogP) is 2.86. The molecule has 0 aliphatic heterocycles. The van der Waals surface area contributed by atoms with Gasteiger partial charge >= 0.3 is 6.03 Å². The van der Waals surface area contributed by atoms with Crippen molar-refractivity contribution in [2.24, 2.45) is 5.73 Å². The molecule has 3 N–H and O–H groups in total. The summed E-state index contributed by atoms with van der Waals surface area (Å²) in [5.74, 6) is -0.461. The summed E-state index contributed by atoms with van der Waals surface area (Å²) in [5, 5.41) is 6.88. The van der Waals surface area contributed by atoms with Crippen LogP contribution in [0.2, 0.25) is 0 Å². The average Bonchev–Trinajstić information content (AvgIpc) is 2.97. The molecule has 7 nitrogen and oxygen atoms in total. The van der Waals surface area contributed by atoms with Crippen molar-refractivity contribution in [1.82, 2.24) is 20.0 Å². The Bertz CT molecular complexity index is 999. The van der Waals surface area contributed by atoms with E-state index in [2.05, 4.69) is 10.4 Å². The molecule has 0 spiro atoms. The number of benzene rings is 2. The van der Waals surface area contributed by atoms with E-state index in [0.717, 1.165) is 28.2 Å². The fourth-order valence-corrected chi connectivity index (χ4v) is 3.50. The van der Waals surface area contributed by atoms with Crippen molar-refractivity contribution in [1.29, 1.82) is 0 Å². The average molecular weight is 391 g/mol. The number of carbonyl (C=O) groups excluding carboxylic acids is 2. The van der Waals surface area contributed by atoms with Gasteiger partial charge in [-0.3, -0.25) is 15.0 Å². The van der Waals surface area contributed by atoms with E-state index in [4.69, 9.17) is 5.73 Å². The molecular weight excluding hydrogens is 366 g/mol. The van der Waals surface area contributed by atoms with Crippen molar-refractivity contribution < 1.29 is 9.59 Å². The van der Waals surface area contributed by atoms with E-state index in [1.54, 1.807) is 0 Å². The van der Waals surface area contributed by atoms with Crippen molar-refractivity contribution in [2.75, 3.05) is 7.05 Å². The second-order valence-electron chi connectivity index (χ2n) is 6.98. The third-order valence-corrected chi connectivity index (χ3v) is 4.90. The Kier molecular flexibility index (Phi) is 6.09. The first-order valence-corrected chi connectivity index (χ1v) is 9.34. The smallest absolute Gasteiger partial charge is 0.318 e. The second kappa shape index (κ2) is 8.70. The Balaban J connectivity index is 1.92. The summed E-state index contributed by atoms with van der Waals surface area (Å²) in [6.07, 6.45) is 0. The van der Waals surface area contributed by atoms with Crippen LogP contribution in [0.5, 0.6) is 0 Å². The highest BCUT2D eigenvalue weighted by Gasteiger charge is 2.27. The third-order valence-electron chi connectivity index (χ3n) is 4.90. The first kappa shape index (κ1) is 20.3. The number of primary amides is 1. The molecule has 1 aromatic heterocycles. The van der Waals surface area contributed by atoms with Gasteiger partial charge in [-0.1, -0.05) is 48.5 Å². The van der Waals surface area contributed by atoms with Crippen LogP contribution < -0.4 is 11.1 Å². The summed E-state index contributed by atoms with van der Waals surface area (Å²) in [6, 6.07) is 17.7. The molecule has 3 aromatic rings. The zero-order valence-corrected chi connectivity index (χ0v) is 16.8. The minimum Gasteiger partial charge on any atom is -0.351 e. The number of aryl methyl sites for hydroxylation is 1. The molecule has 1 heterocycles. The van der Waals surface area contributed by atoms with Gasteiger partial charge in [0.05, 0.1) is 11.4 Å². The van der Waals surface area contributed by atoms with E-state index in [1.807, 2.05) is 91.1 Å². The van der Waals surface area contributed by atoms with Gasteiger partial charge in [0.25, 0.3) is 0 Å². The lowest BCUT2D eigenvalue weighted by molar-refractivity contribution is -0.125. The van der Waals surface area contributed by atoms with Gasteiger partial charge in [0.1, 0.15) is 6.04 Å². The topological polar surface area (TPSA) is 93.2 Å². The Labute approximate surface area is 170 Å². The third kappa shape index (κ3) is 4.52. The van der Waals surface area contributed by atoms with Crippen LogP contribution in [0.4, 0.5) is 4.79 Å². The molecule has 1 atom stereocenters. The number of urea groups is 1. The molecule has 0 saturated carbocycles. The number of para-hydroxylation sites is 1. The van der Waals surface area contributed by atoms with Gasteiger partial charge in [0, 0.05) is 17.8 Å². The van der Waals surface area contributed by atoms with Crippen molar-refractivity contribution in [3.05, 3.63) is 83.2 Å². The summed E-state index contributed by atoms with van der Waals surface area (Å²) >= 11 is 0. The van der Waals surface area contributed by atoms with Crippen LogP contribution >= 0.6 is 0 Å². The van der Waals surface area contributed by atoms with E-state index in [0.29, 0.717) is 6.54 Å². The maximum atomic E-state index is 12.7. The van der Waals surface area contributed by atoms with Gasteiger partial charge in [-0.05, 0) is 38.6 Å². The molecule has 0 radical (unpaired) electrons. The van der Waals surface area contributed by atoms with Crippen molar-refractivity contribution in [3.8, 4) is 5.69 Å². The number of nitrogens with one attached hydrogen (secondary N) is 1. The molecule has 0 aliphatic carbocycles. The Morgan fingerprint density at radius 1 is 1.07 bits per heavy atom. The molecular formula is C22H25N5O2. The summed E-state index contributed by atoms with van der Waals surface area (Å²) in [6.45, 7) is 4.45. The van der Waals surface area contributed by atoms with Crippen LogP contribution in [0.25, 0.3) is 5.69 Å². The van der Waals surface area contributed by atoms with Crippen LogP contribution in [-0.4, -0.2) is 33.7 Å². The fourth-order valence-electron chi connectivity index (χ4n) is 3.50. The number of hydrogen-bond donors (Lipinski definition) is 2. The van der Waals surface area contributed by atoms with Gasteiger partial charge in [0.15, 0.2) is 0 Å². The van der Waals surface area contributed by atoms with E-state index < -0.39 is 18.0 Å². The number of nitrogens with two attached hydrogens (primary N) is 1. The molecule has 0 saturated heterocycles. The molecule has 2 aromatic carbocycles. The Morgan fingerprint density at radius 2 is 1.66 bits per heavy atom. The first-order chi connectivity index (χ1) is 13.9. The van der Waals surface area contributed by atoms with Gasteiger partial charge in [0.2, 0.25) is 5.91 Å². The highest BCUT2D eigenvalue weighted by atomic mass is 16.2. The molecule has 150 valence electrons. The highest BCUT2D eigenvalue weighted by Crippen LogP contribution is 2.25. The van der Waals surface area contributed by atoms with E-state index >= 15 is 0 Å². The second-order valence-corrected chi connectivity index (χ2v) is 6.98. The zero-order chi connectivity index (χ0) is 21.0. The molecule has 0 aliphatic rings. The lowest BCUT2D eigenvalue weighted by atomic mass is 10.0. The lowest BCUT2D eigenvalue weighted by Gasteiger charge is -2.27. The van der Waals surface area contributed by atoms with E-state index in [1.165, 1.54) is 0 Å². The molecule has 3 rings (SSSR count). The van der Waals surface area contributed by atoms with Crippen LogP contribution in [0.15, 0.2) is 60.7 Å². The summed E-state index contributed by atoms with van der Waals surface area (Å²) in [4.78, 5) is 25.8. The van der Waals surface area contributed by atoms with Gasteiger partial charge in [-0.15, -0.1) is 0 Å². The number of hydrogen-bond acceptors (Lipinski definition) is 4. The first-order valence-electron chi connectivity index (χ1n) is 9.34. The minimum atomic E-state index is -0.867. The number of aromatic nitrogens is 2. The SMILES string of the molecule is Cc1nn(-c2ccccc2)c(C)c1CN(C)C(C(=O)NC(N)=O)c1ccccc1. The summed E-state index contributed by atoms with van der Waals surface area (Å²) in [7, 11) is 1.84. The van der Waals surface area contributed by atoms with Crippen molar-refractivity contribution in [3.63, 3.8) is 0 Å². The number of nitrogens with zero attached hydrogens (tertiary/aromatic N) is 3. The standard InChI is InChI=1S/C22H25N5O2/c1-15-19(16(2)27(25-15)18-12-8-5-9-13-18)14-26(3)20(21(28)24-22(23)29)17-10-6-4-7-11-17/h4-13,20H,14H2,1-3H3,(H3,23,24,28,29). The maximum absolute atomic E-state index is 12.7. The van der Waals surface area contributed by atoms with E-state index in [-0.39, 0.29) is 0 Å². The minimum absolute atomic E-state index is 0.461. The van der Waals surface area contributed by atoms with Crippen LogP contribution in [0.1, 0.15) is 28.6 Å². The number of imide groups is 1.